The first-order valence-electron chi connectivity index (χ1n) is 6.87. The van der Waals surface area contributed by atoms with Gasteiger partial charge in [0, 0.05) is 25.4 Å². The first-order valence-corrected chi connectivity index (χ1v) is 6.87. The van der Waals surface area contributed by atoms with Gasteiger partial charge >= 0.3 is 0 Å². The topological polar surface area (TPSA) is 38.1 Å². The van der Waals surface area contributed by atoms with Crippen LogP contribution in [-0.2, 0) is 4.79 Å². The second-order valence-corrected chi connectivity index (χ2v) is 5.14. The van der Waals surface area contributed by atoms with Crippen LogP contribution in [0.3, 0.4) is 0 Å². The van der Waals surface area contributed by atoms with Gasteiger partial charge in [0.2, 0.25) is 5.91 Å². The predicted molar refractivity (Wildman–Crippen MR) is 80.4 cm³/mol. The number of aryl methyl sites for hydroxylation is 1. The zero-order valence-electron chi connectivity index (χ0n) is 12.5. The molecule has 1 heterocycles. The van der Waals surface area contributed by atoms with Gasteiger partial charge in [0.1, 0.15) is 6.04 Å². The lowest BCUT2D eigenvalue weighted by Gasteiger charge is -2.20. The van der Waals surface area contributed by atoms with Crippen molar-refractivity contribution in [3.63, 3.8) is 0 Å². The summed E-state index contributed by atoms with van der Waals surface area (Å²) in [6.07, 6.45) is 0.730. The summed E-state index contributed by atoms with van der Waals surface area (Å²) < 4.78 is 1.84. The minimum atomic E-state index is -0.234. The van der Waals surface area contributed by atoms with E-state index in [1.807, 2.05) is 54.9 Å². The molecule has 0 radical (unpaired) electrons. The Bertz CT molecular complexity index is 587. The normalized spacial score (nSPS) is 12.2. The van der Waals surface area contributed by atoms with Crippen molar-refractivity contribution in [1.29, 1.82) is 0 Å². The summed E-state index contributed by atoms with van der Waals surface area (Å²) in [4.78, 5) is 13.9. The molecule has 4 nitrogen and oxygen atoms in total. The maximum Gasteiger partial charge on any atom is 0.246 e. The van der Waals surface area contributed by atoms with Gasteiger partial charge < -0.3 is 4.90 Å². The molecule has 2 aromatic rings. The predicted octanol–water partition coefficient (Wildman–Crippen LogP) is 2.90. The van der Waals surface area contributed by atoms with Crippen LogP contribution in [0, 0.1) is 6.92 Å². The third-order valence-corrected chi connectivity index (χ3v) is 3.40. The van der Waals surface area contributed by atoms with Crippen molar-refractivity contribution in [3.05, 3.63) is 42.1 Å². The Labute approximate surface area is 120 Å². The van der Waals surface area contributed by atoms with Gasteiger partial charge in [-0.15, -0.1) is 0 Å². The Kier molecular flexibility index (Phi) is 4.23. The van der Waals surface area contributed by atoms with Gasteiger partial charge in [-0.3, -0.25) is 9.48 Å². The van der Waals surface area contributed by atoms with E-state index in [0.29, 0.717) is 0 Å². The van der Waals surface area contributed by atoms with Crippen LogP contribution < -0.4 is 0 Å². The highest BCUT2D eigenvalue weighted by atomic mass is 16.2. The first-order chi connectivity index (χ1) is 9.54. The van der Waals surface area contributed by atoms with Crippen LogP contribution in [0.25, 0.3) is 11.3 Å². The molecule has 0 bridgehead atoms. The van der Waals surface area contributed by atoms with Crippen molar-refractivity contribution in [2.24, 2.45) is 0 Å². The van der Waals surface area contributed by atoms with E-state index in [-0.39, 0.29) is 11.9 Å². The van der Waals surface area contributed by atoms with Crippen LogP contribution in [-0.4, -0.2) is 34.7 Å². The fourth-order valence-electron chi connectivity index (χ4n) is 2.30. The van der Waals surface area contributed by atoms with Crippen LogP contribution in [0.4, 0.5) is 0 Å². The van der Waals surface area contributed by atoms with E-state index in [0.717, 1.165) is 23.4 Å². The number of carbonyl (C=O) groups is 1. The van der Waals surface area contributed by atoms with Gasteiger partial charge in [-0.2, -0.15) is 5.10 Å². The Balaban J connectivity index is 2.38. The molecule has 0 fully saturated rings. The van der Waals surface area contributed by atoms with Gasteiger partial charge in [-0.25, -0.2) is 0 Å². The number of likely N-dealkylation sites (N-methyl/N-ethyl adjacent to an activating group) is 1. The van der Waals surface area contributed by atoms with Crippen LogP contribution in [0.5, 0.6) is 0 Å². The van der Waals surface area contributed by atoms with E-state index in [4.69, 9.17) is 0 Å². The largest absolute Gasteiger partial charge is 0.347 e. The number of hydrogen-bond acceptors (Lipinski definition) is 2. The SMILES string of the molecule is CCC(C(=O)N(C)C)n1nc(-c2ccccc2)cc1C. The first kappa shape index (κ1) is 14.3. The minimum Gasteiger partial charge on any atom is -0.347 e. The Morgan fingerprint density at radius 1 is 1.30 bits per heavy atom. The van der Waals surface area contributed by atoms with Crippen LogP contribution in [0.1, 0.15) is 25.1 Å². The lowest BCUT2D eigenvalue weighted by atomic mass is 10.1. The highest BCUT2D eigenvalue weighted by molar-refractivity contribution is 5.80. The summed E-state index contributed by atoms with van der Waals surface area (Å²) in [5, 5.41) is 4.62. The van der Waals surface area contributed by atoms with Crippen molar-refractivity contribution < 1.29 is 4.79 Å². The summed E-state index contributed by atoms with van der Waals surface area (Å²) in [6.45, 7) is 4.00. The van der Waals surface area contributed by atoms with E-state index in [9.17, 15) is 4.79 Å². The summed E-state index contributed by atoms with van der Waals surface area (Å²) in [5.74, 6) is 0.0818. The molecular formula is C16H21N3O. The summed E-state index contributed by atoms with van der Waals surface area (Å²) in [6, 6.07) is 11.8. The maximum absolute atomic E-state index is 12.2. The van der Waals surface area contributed by atoms with Gasteiger partial charge in [0.25, 0.3) is 0 Å². The number of amides is 1. The van der Waals surface area contributed by atoms with Crippen molar-refractivity contribution in [2.75, 3.05) is 14.1 Å². The van der Waals surface area contributed by atoms with Crippen LogP contribution in [0.15, 0.2) is 36.4 Å². The average Bonchev–Trinajstić information content (AvgIpc) is 2.83. The maximum atomic E-state index is 12.2. The molecule has 1 aromatic carbocycles. The third kappa shape index (κ3) is 2.74. The summed E-state index contributed by atoms with van der Waals surface area (Å²) in [5.41, 5.74) is 2.99. The molecule has 0 N–H and O–H groups in total. The smallest absolute Gasteiger partial charge is 0.246 e. The van der Waals surface area contributed by atoms with E-state index < -0.39 is 0 Å². The molecular weight excluding hydrogens is 250 g/mol. The number of rotatable bonds is 4. The van der Waals surface area contributed by atoms with Gasteiger partial charge in [0.05, 0.1) is 5.69 Å². The molecule has 1 unspecified atom stereocenters. The highest BCUT2D eigenvalue weighted by Crippen LogP contribution is 2.23. The molecule has 0 spiro atoms. The molecule has 0 aliphatic rings. The molecule has 1 aromatic heterocycles. The van der Waals surface area contributed by atoms with Gasteiger partial charge in [0.15, 0.2) is 0 Å². The molecule has 0 saturated carbocycles. The van der Waals surface area contributed by atoms with E-state index in [1.165, 1.54) is 0 Å². The third-order valence-electron chi connectivity index (χ3n) is 3.40. The molecule has 2 rings (SSSR count). The molecule has 1 amide bonds. The van der Waals surface area contributed by atoms with E-state index in [1.54, 1.807) is 19.0 Å². The Hall–Kier alpha value is -2.10. The molecule has 106 valence electrons. The molecule has 0 aliphatic heterocycles. The van der Waals surface area contributed by atoms with Crippen LogP contribution >= 0.6 is 0 Å². The van der Waals surface area contributed by atoms with Crippen molar-refractivity contribution in [1.82, 2.24) is 14.7 Å². The van der Waals surface area contributed by atoms with E-state index in [2.05, 4.69) is 5.10 Å². The second kappa shape index (κ2) is 5.90. The Morgan fingerprint density at radius 3 is 2.50 bits per heavy atom. The zero-order chi connectivity index (χ0) is 14.7. The average molecular weight is 271 g/mol. The highest BCUT2D eigenvalue weighted by Gasteiger charge is 2.23. The second-order valence-electron chi connectivity index (χ2n) is 5.14. The summed E-state index contributed by atoms with van der Waals surface area (Å²) in [7, 11) is 3.56. The van der Waals surface area contributed by atoms with Crippen molar-refractivity contribution in [3.8, 4) is 11.3 Å². The standard InChI is InChI=1S/C16H21N3O/c1-5-15(16(20)18(3)4)19-12(2)11-14(17-19)13-9-7-6-8-10-13/h6-11,15H,5H2,1-4H3. The quantitative estimate of drug-likeness (QED) is 0.857. The zero-order valence-corrected chi connectivity index (χ0v) is 12.5. The molecule has 4 heteroatoms. The number of nitrogens with zero attached hydrogens (tertiary/aromatic N) is 3. The van der Waals surface area contributed by atoms with Gasteiger partial charge in [-0.05, 0) is 19.4 Å². The van der Waals surface area contributed by atoms with E-state index >= 15 is 0 Å². The molecule has 1 atom stereocenters. The number of benzene rings is 1. The van der Waals surface area contributed by atoms with Crippen molar-refractivity contribution >= 4 is 5.91 Å². The molecule has 0 saturated heterocycles. The lowest BCUT2D eigenvalue weighted by molar-refractivity contribution is -0.132. The fraction of sp³-hybridized carbons (Fsp3) is 0.375. The fourth-order valence-corrected chi connectivity index (χ4v) is 2.30. The number of carbonyl (C=O) groups excluding carboxylic acids is 1. The number of hydrogen-bond donors (Lipinski definition) is 0. The number of aromatic nitrogens is 2. The lowest BCUT2D eigenvalue weighted by Crippen LogP contribution is -2.32. The van der Waals surface area contributed by atoms with Crippen molar-refractivity contribution in [2.45, 2.75) is 26.3 Å². The monoisotopic (exact) mass is 271 g/mol. The van der Waals surface area contributed by atoms with Crippen LogP contribution in [0.2, 0.25) is 0 Å². The Morgan fingerprint density at radius 2 is 1.95 bits per heavy atom. The minimum absolute atomic E-state index is 0.0818. The summed E-state index contributed by atoms with van der Waals surface area (Å²) >= 11 is 0. The van der Waals surface area contributed by atoms with Gasteiger partial charge in [-0.1, -0.05) is 37.3 Å². The molecule has 20 heavy (non-hydrogen) atoms. The molecule has 0 aliphatic carbocycles.